The predicted octanol–water partition coefficient (Wildman–Crippen LogP) is 5.43. The van der Waals surface area contributed by atoms with E-state index in [9.17, 15) is 13.6 Å². The summed E-state index contributed by atoms with van der Waals surface area (Å²) in [7, 11) is 0. The molecule has 0 spiro atoms. The number of pyridine rings is 1. The molecular weight excluding hydrogens is 526 g/mol. The van der Waals surface area contributed by atoms with Crippen molar-refractivity contribution in [3.8, 4) is 33.8 Å². The summed E-state index contributed by atoms with van der Waals surface area (Å²) in [5.74, 6) is 0.0275. The van der Waals surface area contributed by atoms with E-state index in [4.69, 9.17) is 9.47 Å². The lowest BCUT2D eigenvalue weighted by Crippen LogP contribution is -2.20. The molecule has 0 radical (unpaired) electrons. The Kier molecular flexibility index (Phi) is 7.89. The average Bonchev–Trinajstić information content (AvgIpc) is 3.70. The molecule has 41 heavy (non-hydrogen) atoms. The van der Waals surface area contributed by atoms with Gasteiger partial charge in [0.25, 0.3) is 5.91 Å². The van der Waals surface area contributed by atoms with Gasteiger partial charge >= 0.3 is 0 Å². The Balaban J connectivity index is 1.29. The summed E-state index contributed by atoms with van der Waals surface area (Å²) in [4.78, 5) is 17.2. The second-order valence-corrected chi connectivity index (χ2v) is 10.2. The molecule has 2 atom stereocenters. The number of rotatable bonds is 8. The molecule has 3 aromatic carbocycles. The first-order chi connectivity index (χ1) is 20.0. The number of carbonyl (C=O) groups is 1. The molecule has 0 aliphatic carbocycles. The Morgan fingerprint density at radius 2 is 1.41 bits per heavy atom. The van der Waals surface area contributed by atoms with Gasteiger partial charge in [-0.3, -0.25) is 4.79 Å². The minimum Gasteiger partial charge on any atom is -0.488 e. The fourth-order valence-electron chi connectivity index (χ4n) is 5.12. The highest BCUT2D eigenvalue weighted by Crippen LogP contribution is 2.35. The second kappa shape index (κ2) is 12.0. The van der Waals surface area contributed by atoms with Crippen LogP contribution < -0.4 is 25.4 Å². The predicted molar refractivity (Wildman–Crippen MR) is 153 cm³/mol. The number of anilines is 1. The summed E-state index contributed by atoms with van der Waals surface area (Å²) in [5.41, 5.74) is 3.79. The van der Waals surface area contributed by atoms with Gasteiger partial charge in [0.15, 0.2) is 0 Å². The van der Waals surface area contributed by atoms with E-state index in [0.29, 0.717) is 33.9 Å². The first-order valence-electron chi connectivity index (χ1n) is 13.7. The Morgan fingerprint density at radius 3 is 2.02 bits per heavy atom. The first kappa shape index (κ1) is 26.9. The summed E-state index contributed by atoms with van der Waals surface area (Å²) in [6.07, 6.45) is 3.24. The highest BCUT2D eigenvalue weighted by molar-refractivity contribution is 6.05. The molecule has 0 unspecified atom stereocenters. The van der Waals surface area contributed by atoms with Gasteiger partial charge in [-0.15, -0.1) is 0 Å². The molecule has 6 rings (SSSR count). The van der Waals surface area contributed by atoms with E-state index in [1.165, 1.54) is 24.4 Å². The van der Waals surface area contributed by atoms with E-state index >= 15 is 0 Å². The van der Waals surface area contributed by atoms with Gasteiger partial charge in [-0.1, -0.05) is 12.1 Å². The van der Waals surface area contributed by atoms with E-state index < -0.39 is 5.95 Å². The molecule has 2 aliphatic heterocycles. The van der Waals surface area contributed by atoms with Crippen LogP contribution in [0.4, 0.5) is 14.5 Å². The van der Waals surface area contributed by atoms with Gasteiger partial charge in [-0.25, -0.2) is 9.37 Å². The fraction of sp³-hybridized carbons (Fsp3) is 0.250. The molecule has 1 aromatic heterocycles. The van der Waals surface area contributed by atoms with Crippen molar-refractivity contribution in [1.82, 2.24) is 15.6 Å². The average molecular weight is 557 g/mol. The maximum absolute atomic E-state index is 13.7. The van der Waals surface area contributed by atoms with Gasteiger partial charge < -0.3 is 25.4 Å². The zero-order valence-electron chi connectivity index (χ0n) is 22.3. The van der Waals surface area contributed by atoms with Crippen LogP contribution >= 0.6 is 0 Å². The summed E-state index contributed by atoms with van der Waals surface area (Å²) in [5, 5.41) is 9.54. The Labute approximate surface area is 236 Å². The number of nitrogens with zero attached hydrogens (tertiary/aromatic N) is 1. The minimum absolute atomic E-state index is 0.00691. The molecule has 2 fully saturated rings. The van der Waals surface area contributed by atoms with Gasteiger partial charge in [-0.2, -0.15) is 4.39 Å². The van der Waals surface area contributed by atoms with E-state index in [1.807, 2.05) is 12.1 Å². The minimum atomic E-state index is -0.585. The normalized spacial score (nSPS) is 18.3. The molecular formula is C32H30F2N4O3. The van der Waals surface area contributed by atoms with Gasteiger partial charge in [0.2, 0.25) is 5.95 Å². The molecule has 2 aliphatic rings. The lowest BCUT2D eigenvalue weighted by molar-refractivity contribution is 0.102. The number of halogens is 2. The summed E-state index contributed by atoms with van der Waals surface area (Å²) < 4.78 is 39.7. The number of aromatic nitrogens is 1. The smallest absolute Gasteiger partial charge is 0.255 e. The third-order valence-corrected chi connectivity index (χ3v) is 7.29. The number of ether oxygens (including phenoxy) is 2. The Hall–Kier alpha value is -4.34. The number of nitrogens with one attached hydrogen (secondary N) is 3. The van der Waals surface area contributed by atoms with E-state index in [1.54, 1.807) is 42.5 Å². The SMILES string of the molecule is O=C(Nc1ccc(O[C@H]2CCNC2)c(-c2ccc(F)cc2)c1)c1ccc(O[C@H]2CCNC2)c(-c2ccc(F)nc2)c1. The van der Waals surface area contributed by atoms with Gasteiger partial charge in [0, 0.05) is 47.2 Å². The summed E-state index contributed by atoms with van der Waals surface area (Å²) in [6, 6.07) is 19.7. The van der Waals surface area contributed by atoms with Crippen molar-refractivity contribution in [3.63, 3.8) is 0 Å². The largest absolute Gasteiger partial charge is 0.488 e. The van der Waals surface area contributed by atoms with E-state index in [-0.39, 0.29) is 23.9 Å². The van der Waals surface area contributed by atoms with E-state index in [2.05, 4.69) is 20.9 Å². The van der Waals surface area contributed by atoms with Crippen molar-refractivity contribution in [3.05, 3.63) is 96.3 Å². The first-order valence-corrected chi connectivity index (χ1v) is 13.7. The number of hydrogen-bond donors (Lipinski definition) is 3. The van der Waals surface area contributed by atoms with Crippen molar-refractivity contribution in [2.45, 2.75) is 25.0 Å². The van der Waals surface area contributed by atoms with Crippen LogP contribution in [0.2, 0.25) is 0 Å². The van der Waals surface area contributed by atoms with Crippen LogP contribution in [0.5, 0.6) is 11.5 Å². The summed E-state index contributed by atoms with van der Waals surface area (Å²) in [6.45, 7) is 3.25. The monoisotopic (exact) mass is 556 g/mol. The zero-order valence-corrected chi connectivity index (χ0v) is 22.3. The third-order valence-electron chi connectivity index (χ3n) is 7.29. The molecule has 3 N–H and O–H groups in total. The molecule has 4 aromatic rings. The maximum atomic E-state index is 13.7. The molecule has 7 nitrogen and oxygen atoms in total. The third kappa shape index (κ3) is 6.37. The van der Waals surface area contributed by atoms with Crippen LogP contribution in [0.15, 0.2) is 79.0 Å². The van der Waals surface area contributed by atoms with Crippen molar-refractivity contribution in [2.75, 3.05) is 31.5 Å². The number of carbonyl (C=O) groups excluding carboxylic acids is 1. The van der Waals surface area contributed by atoms with Gasteiger partial charge in [-0.05, 0) is 92.2 Å². The molecule has 9 heteroatoms. The van der Waals surface area contributed by atoms with Crippen LogP contribution in [0.25, 0.3) is 22.3 Å². The molecule has 0 saturated carbocycles. The lowest BCUT2D eigenvalue weighted by atomic mass is 10.0. The van der Waals surface area contributed by atoms with Crippen LogP contribution in [0, 0.1) is 11.8 Å². The summed E-state index contributed by atoms with van der Waals surface area (Å²) >= 11 is 0. The van der Waals surface area contributed by atoms with Crippen molar-refractivity contribution < 1.29 is 23.0 Å². The molecule has 2 saturated heterocycles. The fourth-order valence-corrected chi connectivity index (χ4v) is 5.12. The molecule has 3 heterocycles. The van der Waals surface area contributed by atoms with Gasteiger partial charge in [0.05, 0.1) is 0 Å². The Bertz CT molecular complexity index is 1520. The maximum Gasteiger partial charge on any atom is 0.255 e. The van der Waals surface area contributed by atoms with E-state index in [0.717, 1.165) is 50.1 Å². The quantitative estimate of drug-likeness (QED) is 0.251. The van der Waals surface area contributed by atoms with Crippen LogP contribution in [-0.2, 0) is 0 Å². The molecule has 1 amide bonds. The molecule has 0 bridgehead atoms. The lowest BCUT2D eigenvalue weighted by Gasteiger charge is -2.18. The standard InChI is InChI=1S/C32H30F2N4O3/c33-23-5-1-20(2-6-23)28-16-24(7-9-30(28)41-26-12-14-36-19-26)38-32(39)21-3-8-29(40-25-11-13-35-18-25)27(15-21)22-4-10-31(34)37-17-22/h1-10,15-17,25-26,35-36H,11-14,18-19H2,(H,38,39)/t25-,26-/m0/s1. The number of hydrogen-bond acceptors (Lipinski definition) is 6. The van der Waals surface area contributed by atoms with Gasteiger partial charge in [0.1, 0.15) is 29.5 Å². The number of amides is 1. The zero-order chi connectivity index (χ0) is 28.2. The topological polar surface area (TPSA) is 84.5 Å². The van der Waals surface area contributed by atoms with Crippen LogP contribution in [0.1, 0.15) is 23.2 Å². The number of benzene rings is 3. The van der Waals surface area contributed by atoms with Crippen LogP contribution in [0.3, 0.4) is 0 Å². The second-order valence-electron chi connectivity index (χ2n) is 10.2. The highest BCUT2D eigenvalue weighted by atomic mass is 19.1. The Morgan fingerprint density at radius 1 is 0.780 bits per heavy atom. The highest BCUT2D eigenvalue weighted by Gasteiger charge is 2.21. The van der Waals surface area contributed by atoms with Crippen molar-refractivity contribution in [1.29, 1.82) is 0 Å². The van der Waals surface area contributed by atoms with Crippen molar-refractivity contribution in [2.24, 2.45) is 0 Å². The van der Waals surface area contributed by atoms with Crippen molar-refractivity contribution >= 4 is 11.6 Å². The molecule has 210 valence electrons. The van der Waals surface area contributed by atoms with Crippen LogP contribution in [-0.4, -0.2) is 49.3 Å².